The van der Waals surface area contributed by atoms with Crippen LogP contribution >= 0.6 is 7.82 Å². The number of fused-ring (bicyclic) bond motifs is 2. The van der Waals surface area contributed by atoms with E-state index in [0.717, 1.165) is 112 Å². The first kappa shape index (κ1) is 29.8. The normalized spacial score (nSPS) is 18.8. The van der Waals surface area contributed by atoms with Gasteiger partial charge in [-0.3, -0.25) is 4.89 Å². The third-order valence-electron chi connectivity index (χ3n) is 7.49. The molecule has 4 nitrogen and oxygen atoms in total. The quantitative estimate of drug-likeness (QED) is 0.248. The van der Waals surface area contributed by atoms with E-state index >= 15 is 0 Å². The molecule has 5 heteroatoms. The summed E-state index contributed by atoms with van der Waals surface area (Å²) in [5.74, 6) is 1.23. The van der Waals surface area contributed by atoms with E-state index in [1.165, 1.54) is 11.1 Å². The van der Waals surface area contributed by atoms with Gasteiger partial charge in [0.1, 0.15) is 11.5 Å². The van der Waals surface area contributed by atoms with Crippen molar-refractivity contribution < 1.29 is 18.5 Å². The maximum Gasteiger partial charge on any atom is 0.584 e. The summed E-state index contributed by atoms with van der Waals surface area (Å²) >= 11 is 0. The zero-order valence-corrected chi connectivity index (χ0v) is 24.8. The number of phosphoric ester groups is 1. The summed E-state index contributed by atoms with van der Waals surface area (Å²) in [6.45, 7) is 11.0. The molecule has 0 fully saturated rings. The Bertz CT molecular complexity index is 984. The van der Waals surface area contributed by atoms with Crippen molar-refractivity contribution in [2.24, 2.45) is 0 Å². The van der Waals surface area contributed by atoms with Crippen LogP contribution in [0.5, 0.6) is 11.5 Å². The van der Waals surface area contributed by atoms with Crippen molar-refractivity contribution in [3.05, 3.63) is 57.6 Å². The van der Waals surface area contributed by atoms with Crippen LogP contribution in [0.1, 0.15) is 138 Å². The van der Waals surface area contributed by atoms with E-state index in [1.807, 2.05) is 0 Å². The predicted octanol–water partition coefficient (Wildman–Crippen LogP) is 9.86. The Kier molecular flexibility index (Phi) is 11.6. The van der Waals surface area contributed by atoms with Crippen LogP contribution in [0.3, 0.4) is 0 Å². The lowest BCUT2D eigenvalue weighted by Crippen LogP contribution is -2.16. The molecule has 2 aromatic carbocycles. The van der Waals surface area contributed by atoms with Crippen molar-refractivity contribution in [1.29, 1.82) is 0 Å². The highest BCUT2D eigenvalue weighted by atomic mass is 31.2. The van der Waals surface area contributed by atoms with E-state index in [9.17, 15) is 9.46 Å². The standard InChI is InChI=1S/C32H49O4P/c1-6-11-16-24-20-26(18-13-8-3)31-29(22-24)28(15-10-5)30-23-25(17-12-7-2)21-27(19-14-9-4)32(30)36-37(33,34)35-31/h20-23,28H,6-19H2,1-5H3,(H,33,34). The van der Waals surface area contributed by atoms with Crippen LogP contribution in [0.15, 0.2) is 24.3 Å². The Hall–Kier alpha value is -1.77. The van der Waals surface area contributed by atoms with Crippen LogP contribution in [0, 0.1) is 0 Å². The highest BCUT2D eigenvalue weighted by Crippen LogP contribution is 2.55. The van der Waals surface area contributed by atoms with Gasteiger partial charge in [0.25, 0.3) is 0 Å². The molecule has 0 atom stereocenters. The summed E-state index contributed by atoms with van der Waals surface area (Å²) in [6, 6.07) is 8.95. The molecule has 37 heavy (non-hydrogen) atoms. The van der Waals surface area contributed by atoms with Crippen LogP contribution in [0.2, 0.25) is 0 Å². The van der Waals surface area contributed by atoms with E-state index in [4.69, 9.17) is 9.05 Å². The molecule has 1 N–H and O–H groups in total. The molecular formula is C32H49O4P. The molecule has 0 amide bonds. The Balaban J connectivity index is 2.30. The largest absolute Gasteiger partial charge is 0.584 e. The monoisotopic (exact) mass is 528 g/mol. The third kappa shape index (κ3) is 7.87. The van der Waals surface area contributed by atoms with E-state index in [1.54, 1.807) is 0 Å². The Morgan fingerprint density at radius 3 is 1.43 bits per heavy atom. The van der Waals surface area contributed by atoms with Gasteiger partial charge < -0.3 is 9.05 Å². The van der Waals surface area contributed by atoms with Crippen molar-refractivity contribution >= 4 is 7.82 Å². The molecule has 1 heterocycles. The maximum atomic E-state index is 13.5. The average molecular weight is 529 g/mol. The van der Waals surface area contributed by atoms with E-state index in [2.05, 4.69) is 58.9 Å². The van der Waals surface area contributed by atoms with Gasteiger partial charge >= 0.3 is 7.82 Å². The highest BCUT2D eigenvalue weighted by Gasteiger charge is 2.36. The molecule has 0 aromatic heterocycles. The van der Waals surface area contributed by atoms with Gasteiger partial charge in [0.2, 0.25) is 0 Å². The Morgan fingerprint density at radius 2 is 1.05 bits per heavy atom. The minimum absolute atomic E-state index is 0.0687. The number of hydrogen-bond acceptors (Lipinski definition) is 3. The second-order valence-corrected chi connectivity index (χ2v) is 12.1. The fourth-order valence-electron chi connectivity index (χ4n) is 5.48. The Labute approximate surface area is 225 Å². The fourth-order valence-corrected chi connectivity index (χ4v) is 6.42. The topological polar surface area (TPSA) is 55.8 Å². The second-order valence-electron chi connectivity index (χ2n) is 10.8. The van der Waals surface area contributed by atoms with Crippen molar-refractivity contribution in [2.75, 3.05) is 0 Å². The van der Waals surface area contributed by atoms with E-state index in [0.29, 0.717) is 11.5 Å². The fraction of sp³-hybridized carbons (Fsp3) is 0.625. The van der Waals surface area contributed by atoms with Gasteiger partial charge in [0.05, 0.1) is 0 Å². The van der Waals surface area contributed by atoms with Gasteiger partial charge in [-0.2, -0.15) is 0 Å². The molecule has 0 aliphatic carbocycles. The number of benzene rings is 2. The minimum atomic E-state index is -4.36. The number of phosphoric acid groups is 1. The van der Waals surface area contributed by atoms with Crippen LogP contribution < -0.4 is 9.05 Å². The molecular weight excluding hydrogens is 479 g/mol. The molecule has 0 spiro atoms. The van der Waals surface area contributed by atoms with Crippen molar-refractivity contribution in [2.45, 2.75) is 130 Å². The van der Waals surface area contributed by atoms with Crippen LogP contribution in [-0.4, -0.2) is 4.89 Å². The smallest absolute Gasteiger partial charge is 0.395 e. The predicted molar refractivity (Wildman–Crippen MR) is 155 cm³/mol. The molecule has 0 saturated carbocycles. The van der Waals surface area contributed by atoms with Gasteiger partial charge in [-0.25, -0.2) is 4.57 Å². The summed E-state index contributed by atoms with van der Waals surface area (Å²) in [5, 5.41) is 0. The summed E-state index contributed by atoms with van der Waals surface area (Å²) < 4.78 is 25.5. The lowest BCUT2D eigenvalue weighted by molar-refractivity contribution is 0.282. The van der Waals surface area contributed by atoms with Crippen LogP contribution in [0.25, 0.3) is 0 Å². The number of rotatable bonds is 14. The third-order valence-corrected chi connectivity index (χ3v) is 8.31. The lowest BCUT2D eigenvalue weighted by atomic mass is 9.81. The SMILES string of the molecule is CCCCc1cc(CCCC)c2c(c1)C(CCC)c1cc(CCCC)cc(CCCC)c1OP(=O)(O)O2. The molecule has 0 radical (unpaired) electrons. The average Bonchev–Trinajstić information content (AvgIpc) is 2.87. The van der Waals surface area contributed by atoms with Gasteiger partial charge in [0.15, 0.2) is 0 Å². The minimum Gasteiger partial charge on any atom is -0.395 e. The molecule has 206 valence electrons. The van der Waals surface area contributed by atoms with Crippen molar-refractivity contribution in [3.63, 3.8) is 0 Å². The van der Waals surface area contributed by atoms with Gasteiger partial charge in [0, 0.05) is 17.0 Å². The zero-order valence-electron chi connectivity index (χ0n) is 23.9. The molecule has 3 rings (SSSR count). The number of hydrogen-bond donors (Lipinski definition) is 1. The summed E-state index contributed by atoms with van der Waals surface area (Å²) in [6.07, 6.45) is 14.3. The summed E-state index contributed by atoms with van der Waals surface area (Å²) in [5.41, 5.74) is 6.83. The first-order chi connectivity index (χ1) is 17.9. The first-order valence-electron chi connectivity index (χ1n) is 14.9. The number of unbranched alkanes of at least 4 members (excludes halogenated alkanes) is 4. The molecule has 0 saturated heterocycles. The van der Waals surface area contributed by atoms with Crippen molar-refractivity contribution in [1.82, 2.24) is 0 Å². The second kappa shape index (κ2) is 14.4. The first-order valence-corrected chi connectivity index (χ1v) is 16.4. The van der Waals surface area contributed by atoms with Crippen LogP contribution in [-0.2, 0) is 30.2 Å². The molecule has 0 unspecified atom stereocenters. The van der Waals surface area contributed by atoms with Crippen LogP contribution in [0.4, 0.5) is 0 Å². The number of aryl methyl sites for hydroxylation is 4. The zero-order chi connectivity index (χ0) is 26.8. The lowest BCUT2D eigenvalue weighted by Gasteiger charge is -2.31. The molecule has 2 aromatic rings. The van der Waals surface area contributed by atoms with E-state index < -0.39 is 7.82 Å². The van der Waals surface area contributed by atoms with Crippen molar-refractivity contribution in [3.8, 4) is 11.5 Å². The van der Waals surface area contributed by atoms with Gasteiger partial charge in [-0.15, -0.1) is 0 Å². The maximum absolute atomic E-state index is 13.5. The van der Waals surface area contributed by atoms with Gasteiger partial charge in [-0.1, -0.05) is 91.0 Å². The molecule has 1 aliphatic heterocycles. The van der Waals surface area contributed by atoms with Gasteiger partial charge in [-0.05, 0) is 80.0 Å². The van der Waals surface area contributed by atoms with E-state index in [-0.39, 0.29) is 5.92 Å². The summed E-state index contributed by atoms with van der Waals surface area (Å²) in [7, 11) is -4.36. The molecule has 0 bridgehead atoms. The summed E-state index contributed by atoms with van der Waals surface area (Å²) in [4.78, 5) is 11.0. The highest BCUT2D eigenvalue weighted by molar-refractivity contribution is 7.48. The molecule has 1 aliphatic rings. The Morgan fingerprint density at radius 1 is 0.649 bits per heavy atom.